The van der Waals surface area contributed by atoms with E-state index in [0.717, 1.165) is 24.6 Å². The van der Waals surface area contributed by atoms with Crippen LogP contribution in [0.25, 0.3) is 0 Å². The van der Waals surface area contributed by atoms with Gasteiger partial charge < -0.3 is 9.80 Å². The third-order valence-corrected chi connectivity index (χ3v) is 5.05. The first-order chi connectivity index (χ1) is 10.2. The zero-order chi connectivity index (χ0) is 14.8. The summed E-state index contributed by atoms with van der Waals surface area (Å²) < 4.78 is 0. The molecule has 1 aromatic heterocycles. The van der Waals surface area contributed by atoms with Crippen molar-refractivity contribution in [3.8, 4) is 0 Å². The summed E-state index contributed by atoms with van der Waals surface area (Å²) in [5.74, 6) is 0. The molecule has 1 aromatic carbocycles. The normalized spacial score (nSPS) is 22.6. The van der Waals surface area contributed by atoms with Crippen LogP contribution in [-0.2, 0) is 6.42 Å². The first-order valence-corrected chi connectivity index (χ1v) is 8.58. The zero-order valence-electron chi connectivity index (χ0n) is 13.0. The predicted molar refractivity (Wildman–Crippen MR) is 91.6 cm³/mol. The molecule has 4 heteroatoms. The lowest BCUT2D eigenvalue weighted by Crippen LogP contribution is -2.57. The molecule has 2 heterocycles. The van der Waals surface area contributed by atoms with Crippen molar-refractivity contribution in [3.63, 3.8) is 0 Å². The standard InChI is InChI=1S/C17H23N3S/c1-4-15-5-7-16(8-6-15)19-11-13(2)20(14(3)12-19)17-18-9-10-21-17/h5-10,13-14H,4,11-12H2,1-3H3. The fourth-order valence-electron chi connectivity index (χ4n) is 3.20. The second-order valence-electron chi connectivity index (χ2n) is 5.84. The van der Waals surface area contributed by atoms with Crippen LogP contribution < -0.4 is 9.80 Å². The maximum absolute atomic E-state index is 4.49. The third-order valence-electron chi connectivity index (χ3n) is 4.27. The molecule has 3 nitrogen and oxygen atoms in total. The highest BCUT2D eigenvalue weighted by molar-refractivity contribution is 7.13. The maximum Gasteiger partial charge on any atom is 0.185 e. The lowest BCUT2D eigenvalue weighted by atomic mass is 10.1. The summed E-state index contributed by atoms with van der Waals surface area (Å²) in [7, 11) is 0. The highest BCUT2D eigenvalue weighted by Crippen LogP contribution is 2.28. The lowest BCUT2D eigenvalue weighted by Gasteiger charge is -2.45. The van der Waals surface area contributed by atoms with Crippen molar-refractivity contribution < 1.29 is 0 Å². The highest BCUT2D eigenvalue weighted by Gasteiger charge is 2.30. The number of anilines is 2. The highest BCUT2D eigenvalue weighted by atomic mass is 32.1. The minimum atomic E-state index is 0.478. The fraction of sp³-hybridized carbons (Fsp3) is 0.471. The topological polar surface area (TPSA) is 19.4 Å². The average Bonchev–Trinajstić information content (AvgIpc) is 3.00. The molecule has 0 spiro atoms. The van der Waals surface area contributed by atoms with Crippen LogP contribution in [0.3, 0.4) is 0 Å². The molecule has 1 aliphatic heterocycles. The molecule has 0 amide bonds. The van der Waals surface area contributed by atoms with E-state index in [9.17, 15) is 0 Å². The van der Waals surface area contributed by atoms with E-state index in [4.69, 9.17) is 0 Å². The van der Waals surface area contributed by atoms with E-state index in [1.54, 1.807) is 11.3 Å². The smallest absolute Gasteiger partial charge is 0.185 e. The van der Waals surface area contributed by atoms with E-state index in [-0.39, 0.29) is 0 Å². The molecular formula is C17H23N3S. The molecule has 0 N–H and O–H groups in total. The van der Waals surface area contributed by atoms with E-state index in [1.807, 2.05) is 6.20 Å². The minimum Gasteiger partial charge on any atom is -0.367 e. The maximum atomic E-state index is 4.49. The number of hydrogen-bond acceptors (Lipinski definition) is 4. The number of piperazine rings is 1. The van der Waals surface area contributed by atoms with Crippen LogP contribution in [-0.4, -0.2) is 30.2 Å². The minimum absolute atomic E-state index is 0.478. The van der Waals surface area contributed by atoms with Gasteiger partial charge in [0, 0.05) is 42.4 Å². The van der Waals surface area contributed by atoms with E-state index < -0.39 is 0 Å². The van der Waals surface area contributed by atoms with Gasteiger partial charge in [-0.15, -0.1) is 11.3 Å². The number of aryl methyl sites for hydroxylation is 1. The Kier molecular flexibility index (Phi) is 4.15. The molecule has 21 heavy (non-hydrogen) atoms. The monoisotopic (exact) mass is 301 g/mol. The van der Waals surface area contributed by atoms with Crippen molar-refractivity contribution in [2.24, 2.45) is 0 Å². The molecule has 0 aliphatic carbocycles. The largest absolute Gasteiger partial charge is 0.367 e. The molecule has 2 atom stereocenters. The van der Waals surface area contributed by atoms with Gasteiger partial charge >= 0.3 is 0 Å². The number of rotatable bonds is 3. The number of thiazole rings is 1. The van der Waals surface area contributed by atoms with Gasteiger partial charge in [-0.3, -0.25) is 0 Å². The molecule has 1 fully saturated rings. The summed E-state index contributed by atoms with van der Waals surface area (Å²) in [6, 6.07) is 9.97. The molecule has 2 unspecified atom stereocenters. The van der Waals surface area contributed by atoms with Crippen LogP contribution in [0.1, 0.15) is 26.3 Å². The quantitative estimate of drug-likeness (QED) is 0.859. The van der Waals surface area contributed by atoms with Gasteiger partial charge in [0.05, 0.1) is 0 Å². The van der Waals surface area contributed by atoms with Gasteiger partial charge in [0.15, 0.2) is 5.13 Å². The Labute approximate surface area is 131 Å². The molecular weight excluding hydrogens is 278 g/mol. The molecule has 0 bridgehead atoms. The van der Waals surface area contributed by atoms with E-state index in [2.05, 4.69) is 65.2 Å². The lowest BCUT2D eigenvalue weighted by molar-refractivity contribution is 0.474. The van der Waals surface area contributed by atoms with Gasteiger partial charge in [-0.25, -0.2) is 4.98 Å². The molecule has 1 saturated heterocycles. The second-order valence-corrected chi connectivity index (χ2v) is 6.72. The molecule has 1 aliphatic rings. The van der Waals surface area contributed by atoms with Gasteiger partial charge in [-0.05, 0) is 38.0 Å². The summed E-state index contributed by atoms with van der Waals surface area (Å²) in [5.41, 5.74) is 2.74. The third kappa shape index (κ3) is 2.91. The van der Waals surface area contributed by atoms with Crippen molar-refractivity contribution in [3.05, 3.63) is 41.4 Å². The molecule has 0 saturated carbocycles. The van der Waals surface area contributed by atoms with Crippen LogP contribution in [0.5, 0.6) is 0 Å². The van der Waals surface area contributed by atoms with E-state index >= 15 is 0 Å². The summed E-state index contributed by atoms with van der Waals surface area (Å²) >= 11 is 1.74. The predicted octanol–water partition coefficient (Wildman–Crippen LogP) is 3.81. The number of hydrogen-bond donors (Lipinski definition) is 0. The second kappa shape index (κ2) is 6.06. The van der Waals surface area contributed by atoms with Gasteiger partial charge in [-0.2, -0.15) is 0 Å². The Morgan fingerprint density at radius 2 is 1.81 bits per heavy atom. The van der Waals surface area contributed by atoms with E-state index in [0.29, 0.717) is 12.1 Å². The van der Waals surface area contributed by atoms with Crippen molar-refractivity contribution in [1.82, 2.24) is 4.98 Å². The SMILES string of the molecule is CCc1ccc(N2CC(C)N(c3nccs3)C(C)C2)cc1. The van der Waals surface area contributed by atoms with Crippen LogP contribution >= 0.6 is 11.3 Å². The van der Waals surface area contributed by atoms with Crippen molar-refractivity contribution >= 4 is 22.2 Å². The Balaban J connectivity index is 1.76. The van der Waals surface area contributed by atoms with Crippen LogP contribution in [0.15, 0.2) is 35.8 Å². The summed E-state index contributed by atoms with van der Waals surface area (Å²) in [4.78, 5) is 9.45. The average molecular weight is 301 g/mol. The molecule has 112 valence electrons. The number of aromatic nitrogens is 1. The Morgan fingerprint density at radius 3 is 2.33 bits per heavy atom. The molecule has 2 aromatic rings. The van der Waals surface area contributed by atoms with Gasteiger partial charge in [0.25, 0.3) is 0 Å². The summed E-state index contributed by atoms with van der Waals surface area (Å²) in [6.07, 6.45) is 3.00. The van der Waals surface area contributed by atoms with Crippen molar-refractivity contribution in [2.45, 2.75) is 39.3 Å². The molecule has 0 radical (unpaired) electrons. The van der Waals surface area contributed by atoms with E-state index in [1.165, 1.54) is 11.3 Å². The van der Waals surface area contributed by atoms with Gasteiger partial charge in [0.1, 0.15) is 0 Å². The molecule has 3 rings (SSSR count). The number of nitrogens with zero attached hydrogens (tertiary/aromatic N) is 3. The summed E-state index contributed by atoms with van der Waals surface area (Å²) in [6.45, 7) is 8.89. The van der Waals surface area contributed by atoms with Crippen LogP contribution in [0.2, 0.25) is 0 Å². The first-order valence-electron chi connectivity index (χ1n) is 7.70. The fourth-order valence-corrected chi connectivity index (χ4v) is 4.04. The zero-order valence-corrected chi connectivity index (χ0v) is 13.8. The Hall–Kier alpha value is -1.55. The van der Waals surface area contributed by atoms with Gasteiger partial charge in [0.2, 0.25) is 0 Å². The Bertz CT molecular complexity index is 552. The number of benzene rings is 1. The van der Waals surface area contributed by atoms with Crippen LogP contribution in [0.4, 0.5) is 10.8 Å². The Morgan fingerprint density at radius 1 is 1.14 bits per heavy atom. The van der Waals surface area contributed by atoms with Crippen LogP contribution in [0, 0.1) is 0 Å². The first kappa shape index (κ1) is 14.4. The van der Waals surface area contributed by atoms with Crippen molar-refractivity contribution in [1.29, 1.82) is 0 Å². The summed E-state index contributed by atoms with van der Waals surface area (Å²) in [5, 5.41) is 3.21. The van der Waals surface area contributed by atoms with Gasteiger partial charge in [-0.1, -0.05) is 19.1 Å². The van der Waals surface area contributed by atoms with Crippen molar-refractivity contribution in [2.75, 3.05) is 22.9 Å².